The van der Waals surface area contributed by atoms with Crippen molar-refractivity contribution in [2.45, 2.75) is 0 Å². The summed E-state index contributed by atoms with van der Waals surface area (Å²) in [6.45, 7) is 6.70. The molecule has 0 aromatic heterocycles. The van der Waals surface area contributed by atoms with Crippen LogP contribution in [0, 0.1) is 0 Å². The van der Waals surface area contributed by atoms with Crippen LogP contribution < -0.4 is 4.72 Å². The van der Waals surface area contributed by atoms with Gasteiger partial charge in [-0.3, -0.25) is 0 Å². The van der Waals surface area contributed by atoms with Gasteiger partial charge >= 0.3 is 0 Å². The highest BCUT2D eigenvalue weighted by molar-refractivity contribution is 7.89. The predicted octanol–water partition coefficient (Wildman–Crippen LogP) is 0.844. The Labute approximate surface area is 71.8 Å². The SMILES string of the molecule is C=CCS(=O)(=O)NCC(=C)Cl. The minimum absolute atomic E-state index is 0.0672. The van der Waals surface area contributed by atoms with E-state index in [1.807, 2.05) is 0 Å². The van der Waals surface area contributed by atoms with Crippen LogP contribution in [0.1, 0.15) is 0 Å². The summed E-state index contributed by atoms with van der Waals surface area (Å²) in [5.41, 5.74) is 0. The van der Waals surface area contributed by atoms with Crippen molar-refractivity contribution in [2.24, 2.45) is 0 Å². The quantitative estimate of drug-likeness (QED) is 0.661. The highest BCUT2D eigenvalue weighted by Gasteiger charge is 2.05. The fourth-order valence-corrected chi connectivity index (χ4v) is 1.37. The molecule has 0 spiro atoms. The third-order valence-corrected chi connectivity index (χ3v) is 2.21. The van der Waals surface area contributed by atoms with Gasteiger partial charge in [0, 0.05) is 11.6 Å². The van der Waals surface area contributed by atoms with Crippen molar-refractivity contribution in [1.82, 2.24) is 4.72 Å². The molecular weight excluding hydrogens is 186 g/mol. The Hall–Kier alpha value is -0.320. The summed E-state index contributed by atoms with van der Waals surface area (Å²) in [5, 5.41) is 0.262. The summed E-state index contributed by atoms with van der Waals surface area (Å²) >= 11 is 5.34. The molecule has 0 bridgehead atoms. The third kappa shape index (κ3) is 6.09. The normalized spacial score (nSPS) is 11.0. The molecule has 0 saturated carbocycles. The van der Waals surface area contributed by atoms with Crippen LogP contribution in [0.25, 0.3) is 0 Å². The van der Waals surface area contributed by atoms with Gasteiger partial charge in [0.05, 0.1) is 5.75 Å². The first-order valence-electron chi connectivity index (χ1n) is 2.89. The summed E-state index contributed by atoms with van der Waals surface area (Å²) < 4.78 is 23.9. The Kier molecular flexibility index (Phi) is 4.40. The zero-order chi connectivity index (χ0) is 8.91. The molecule has 0 fully saturated rings. The number of halogens is 1. The zero-order valence-electron chi connectivity index (χ0n) is 6.01. The van der Waals surface area contributed by atoms with Gasteiger partial charge in [0.1, 0.15) is 0 Å². The van der Waals surface area contributed by atoms with E-state index in [2.05, 4.69) is 17.9 Å². The Morgan fingerprint density at radius 3 is 2.55 bits per heavy atom. The van der Waals surface area contributed by atoms with Crippen molar-refractivity contribution < 1.29 is 8.42 Å². The molecule has 0 atom stereocenters. The summed E-state index contributed by atoms with van der Waals surface area (Å²) in [5.74, 6) is -0.100. The van der Waals surface area contributed by atoms with Crippen molar-refractivity contribution >= 4 is 21.6 Å². The maximum absolute atomic E-state index is 10.9. The molecule has 0 aliphatic rings. The Balaban J connectivity index is 3.93. The predicted molar refractivity (Wildman–Crippen MR) is 47.0 cm³/mol. The zero-order valence-corrected chi connectivity index (χ0v) is 7.58. The third-order valence-electron chi connectivity index (χ3n) is 0.821. The molecule has 0 heterocycles. The number of rotatable bonds is 5. The second-order valence-corrected chi connectivity index (χ2v) is 4.29. The Morgan fingerprint density at radius 2 is 2.18 bits per heavy atom. The molecule has 1 N–H and O–H groups in total. The van der Waals surface area contributed by atoms with E-state index in [0.717, 1.165) is 0 Å². The minimum atomic E-state index is -3.24. The monoisotopic (exact) mass is 195 g/mol. The summed E-state index contributed by atoms with van der Waals surface area (Å²) in [6.07, 6.45) is 1.30. The van der Waals surface area contributed by atoms with Crippen molar-refractivity contribution in [2.75, 3.05) is 12.3 Å². The Bertz CT molecular complexity index is 245. The highest BCUT2D eigenvalue weighted by Crippen LogP contribution is 1.94. The molecule has 0 unspecified atom stereocenters. The van der Waals surface area contributed by atoms with Crippen LogP contribution in [0.15, 0.2) is 24.3 Å². The summed E-state index contributed by atoms with van der Waals surface area (Å²) in [4.78, 5) is 0. The van der Waals surface area contributed by atoms with E-state index in [1.54, 1.807) is 0 Å². The highest BCUT2D eigenvalue weighted by atomic mass is 35.5. The molecule has 0 saturated heterocycles. The van der Waals surface area contributed by atoms with Crippen LogP contribution in [-0.2, 0) is 10.0 Å². The molecule has 0 aliphatic carbocycles. The van der Waals surface area contributed by atoms with Crippen molar-refractivity contribution in [3.63, 3.8) is 0 Å². The van der Waals surface area contributed by atoms with Crippen LogP contribution in [0.2, 0.25) is 0 Å². The lowest BCUT2D eigenvalue weighted by atomic mass is 10.7. The summed E-state index contributed by atoms with van der Waals surface area (Å²) in [7, 11) is -3.24. The molecule has 0 aliphatic heterocycles. The average Bonchev–Trinajstić information content (AvgIpc) is 1.84. The molecular formula is C6H10ClNO2S. The van der Waals surface area contributed by atoms with Crippen molar-refractivity contribution in [3.05, 3.63) is 24.3 Å². The Morgan fingerprint density at radius 1 is 1.64 bits per heavy atom. The average molecular weight is 196 g/mol. The fourth-order valence-electron chi connectivity index (χ4n) is 0.402. The van der Waals surface area contributed by atoms with Gasteiger partial charge in [-0.15, -0.1) is 6.58 Å². The first-order chi connectivity index (χ1) is 4.98. The number of hydrogen-bond donors (Lipinski definition) is 1. The van der Waals surface area contributed by atoms with E-state index in [0.29, 0.717) is 0 Å². The van der Waals surface area contributed by atoms with E-state index < -0.39 is 10.0 Å². The maximum atomic E-state index is 10.9. The maximum Gasteiger partial charge on any atom is 0.215 e. The van der Waals surface area contributed by atoms with Gasteiger partial charge in [-0.05, 0) is 0 Å². The number of nitrogens with one attached hydrogen (secondary N) is 1. The lowest BCUT2D eigenvalue weighted by molar-refractivity contribution is 0.588. The second-order valence-electron chi connectivity index (χ2n) is 1.91. The summed E-state index contributed by atoms with van der Waals surface area (Å²) in [6, 6.07) is 0. The minimum Gasteiger partial charge on any atom is -0.212 e. The molecule has 11 heavy (non-hydrogen) atoms. The molecule has 0 aromatic rings. The first-order valence-corrected chi connectivity index (χ1v) is 4.92. The van der Waals surface area contributed by atoms with Gasteiger partial charge in [0.2, 0.25) is 10.0 Å². The van der Waals surface area contributed by atoms with Crippen LogP contribution in [0.4, 0.5) is 0 Å². The van der Waals surface area contributed by atoms with Gasteiger partial charge < -0.3 is 0 Å². The van der Waals surface area contributed by atoms with E-state index >= 15 is 0 Å². The molecule has 0 radical (unpaired) electrons. The van der Waals surface area contributed by atoms with Crippen LogP contribution >= 0.6 is 11.6 Å². The first kappa shape index (κ1) is 10.7. The van der Waals surface area contributed by atoms with E-state index in [9.17, 15) is 8.42 Å². The van der Waals surface area contributed by atoms with Gasteiger partial charge in [-0.2, -0.15) is 0 Å². The molecule has 0 amide bonds. The molecule has 0 aromatic carbocycles. The lowest BCUT2D eigenvalue weighted by Gasteiger charge is -2.01. The van der Waals surface area contributed by atoms with Crippen molar-refractivity contribution in [1.29, 1.82) is 0 Å². The number of hydrogen-bond acceptors (Lipinski definition) is 2. The van der Waals surface area contributed by atoms with Gasteiger partial charge in [-0.25, -0.2) is 13.1 Å². The van der Waals surface area contributed by atoms with E-state index in [-0.39, 0.29) is 17.3 Å². The molecule has 64 valence electrons. The van der Waals surface area contributed by atoms with Gasteiger partial charge in [0.25, 0.3) is 0 Å². The van der Waals surface area contributed by atoms with Crippen LogP contribution in [0.5, 0.6) is 0 Å². The van der Waals surface area contributed by atoms with Gasteiger partial charge in [0.15, 0.2) is 0 Å². The second kappa shape index (κ2) is 4.54. The number of sulfonamides is 1. The molecule has 3 nitrogen and oxygen atoms in total. The molecule has 5 heteroatoms. The fraction of sp³-hybridized carbons (Fsp3) is 0.333. The lowest BCUT2D eigenvalue weighted by Crippen LogP contribution is -2.26. The molecule has 0 rings (SSSR count). The largest absolute Gasteiger partial charge is 0.215 e. The topological polar surface area (TPSA) is 46.2 Å². The van der Waals surface area contributed by atoms with E-state index in [4.69, 9.17) is 11.6 Å². The van der Waals surface area contributed by atoms with E-state index in [1.165, 1.54) is 6.08 Å². The van der Waals surface area contributed by atoms with Crippen LogP contribution in [-0.4, -0.2) is 20.7 Å². The van der Waals surface area contributed by atoms with Crippen molar-refractivity contribution in [3.8, 4) is 0 Å². The smallest absolute Gasteiger partial charge is 0.212 e. The van der Waals surface area contributed by atoms with Crippen LogP contribution in [0.3, 0.4) is 0 Å². The van der Waals surface area contributed by atoms with Gasteiger partial charge in [-0.1, -0.05) is 24.3 Å². The standard InChI is InChI=1S/C6H10ClNO2S/c1-3-4-11(9,10)8-5-6(2)7/h3,8H,1-2,4-5H2.